The highest BCUT2D eigenvalue weighted by molar-refractivity contribution is 7.90. The predicted octanol–water partition coefficient (Wildman–Crippen LogP) is 3.93. The number of urea groups is 1. The molecule has 1 heterocycles. The van der Waals surface area contributed by atoms with E-state index < -0.39 is 65.8 Å². The van der Waals surface area contributed by atoms with Gasteiger partial charge >= 0.3 is 18.2 Å². The number of amides is 2. The fourth-order valence-corrected chi connectivity index (χ4v) is 6.07. The zero-order valence-corrected chi connectivity index (χ0v) is 22.9. The molecule has 0 N–H and O–H groups in total. The molecule has 3 rings (SSSR count). The van der Waals surface area contributed by atoms with E-state index >= 15 is 0 Å². The number of hydrogen-bond acceptors (Lipinski definition) is 8. The predicted molar refractivity (Wildman–Crippen MR) is 137 cm³/mol. The Morgan fingerprint density at radius 1 is 1.15 bits per heavy atom. The van der Waals surface area contributed by atoms with Gasteiger partial charge in [0.2, 0.25) is 10.0 Å². The second-order valence-electron chi connectivity index (χ2n) is 8.65. The largest absolute Gasteiger partial charge is 0.458 e. The Kier molecular flexibility index (Phi) is 8.19. The SMILES string of the molecule is C=CCOC(=O)C1=C(C)N(c2cccc(C(F)(F)F)c2)C(=O)N(S(C)(=O)=O)[C@@H]1c1ccc(C#N)cc1S(C)(=O)=O. The lowest BCUT2D eigenvalue weighted by Gasteiger charge is -2.41. The number of alkyl halides is 3. The second-order valence-corrected chi connectivity index (χ2v) is 12.5. The van der Waals surface area contributed by atoms with Gasteiger partial charge in [-0.2, -0.15) is 18.4 Å². The number of allylic oxidation sites excluding steroid dienone is 1. The number of carbonyl (C=O) groups is 2. The Bertz CT molecular complexity index is 1690. The van der Waals surface area contributed by atoms with Crippen LogP contribution in [0.25, 0.3) is 0 Å². The van der Waals surface area contributed by atoms with Crippen LogP contribution < -0.4 is 4.90 Å². The smallest absolute Gasteiger partial charge is 0.416 e. The van der Waals surface area contributed by atoms with E-state index in [2.05, 4.69) is 6.58 Å². The van der Waals surface area contributed by atoms with Gasteiger partial charge in [-0.05, 0) is 42.8 Å². The average Bonchev–Trinajstić information content (AvgIpc) is 2.85. The minimum Gasteiger partial charge on any atom is -0.458 e. The third-order valence-corrected chi connectivity index (χ3v) is 8.02. The molecule has 0 unspecified atom stereocenters. The molecular weight excluding hydrogens is 575 g/mol. The molecule has 0 saturated heterocycles. The van der Waals surface area contributed by atoms with Gasteiger partial charge in [-0.1, -0.05) is 24.8 Å². The molecule has 0 spiro atoms. The lowest BCUT2D eigenvalue weighted by molar-refractivity contribution is -0.139. The van der Waals surface area contributed by atoms with E-state index in [-0.39, 0.29) is 27.7 Å². The van der Waals surface area contributed by atoms with Crippen LogP contribution in [-0.4, -0.2) is 52.3 Å². The van der Waals surface area contributed by atoms with Crippen molar-refractivity contribution in [3.05, 3.63) is 83.1 Å². The van der Waals surface area contributed by atoms with Gasteiger partial charge in [0, 0.05) is 12.0 Å². The van der Waals surface area contributed by atoms with Crippen LogP contribution in [0.2, 0.25) is 0 Å². The van der Waals surface area contributed by atoms with Gasteiger partial charge < -0.3 is 4.74 Å². The number of halogens is 3. The van der Waals surface area contributed by atoms with Crippen molar-refractivity contribution in [1.82, 2.24) is 4.31 Å². The fraction of sp³-hybridized carbons (Fsp3) is 0.240. The fourth-order valence-electron chi connectivity index (χ4n) is 4.15. The maximum atomic E-state index is 13.8. The third-order valence-electron chi connectivity index (χ3n) is 5.79. The number of sulfonamides is 1. The molecule has 0 radical (unpaired) electrons. The number of anilines is 1. The molecule has 2 amide bonds. The molecule has 10 nitrogen and oxygen atoms in total. The number of ether oxygens (including phenoxy) is 1. The summed E-state index contributed by atoms with van der Waals surface area (Å²) in [6.45, 7) is 4.23. The molecule has 2 aromatic rings. The number of benzene rings is 2. The number of nitrogens with zero attached hydrogens (tertiary/aromatic N) is 3. The molecule has 1 aliphatic heterocycles. The van der Waals surface area contributed by atoms with Crippen LogP contribution in [0.1, 0.15) is 29.7 Å². The van der Waals surface area contributed by atoms with Crippen LogP contribution in [-0.2, 0) is 35.6 Å². The number of sulfone groups is 1. The highest BCUT2D eigenvalue weighted by Gasteiger charge is 2.48. The summed E-state index contributed by atoms with van der Waals surface area (Å²) in [5, 5.41) is 9.29. The van der Waals surface area contributed by atoms with E-state index in [0.717, 1.165) is 42.7 Å². The molecule has 0 saturated carbocycles. The first-order chi connectivity index (χ1) is 18.4. The minimum atomic E-state index is -4.82. The van der Waals surface area contributed by atoms with E-state index in [4.69, 9.17) is 4.74 Å². The number of esters is 1. The molecule has 0 bridgehead atoms. The topological polar surface area (TPSA) is 142 Å². The van der Waals surface area contributed by atoms with E-state index in [1.54, 1.807) is 6.07 Å². The van der Waals surface area contributed by atoms with Crippen LogP contribution in [0.3, 0.4) is 0 Å². The minimum absolute atomic E-state index is 0.112. The number of hydrogen-bond donors (Lipinski definition) is 0. The monoisotopic (exact) mass is 597 g/mol. The Labute approximate surface area is 228 Å². The summed E-state index contributed by atoms with van der Waals surface area (Å²) in [5.74, 6) is -1.19. The first kappa shape index (κ1) is 30.4. The molecule has 2 aromatic carbocycles. The lowest BCUT2D eigenvalue weighted by atomic mass is 9.93. The Balaban J connectivity index is 2.48. The van der Waals surface area contributed by atoms with Crippen LogP contribution in [0.4, 0.5) is 23.7 Å². The van der Waals surface area contributed by atoms with Crippen molar-refractivity contribution in [2.24, 2.45) is 0 Å². The van der Waals surface area contributed by atoms with Gasteiger partial charge in [-0.25, -0.2) is 30.7 Å². The lowest BCUT2D eigenvalue weighted by Crippen LogP contribution is -2.53. The average molecular weight is 598 g/mol. The van der Waals surface area contributed by atoms with E-state index in [1.807, 2.05) is 0 Å². The van der Waals surface area contributed by atoms with Gasteiger partial charge in [0.15, 0.2) is 9.84 Å². The van der Waals surface area contributed by atoms with Gasteiger partial charge in [0.25, 0.3) is 0 Å². The first-order valence-electron chi connectivity index (χ1n) is 11.2. The molecule has 1 aliphatic rings. The van der Waals surface area contributed by atoms with Crippen LogP contribution in [0, 0.1) is 11.3 Å². The Morgan fingerprint density at radius 3 is 2.33 bits per heavy atom. The standard InChI is InChI=1S/C25H22F3N3O7S2/c1-5-11-38-23(32)21-15(2)30(18-8-6-7-17(13-18)25(26,27)28)24(33)31(40(4,36)37)22(21)19-10-9-16(14-29)12-20(19)39(3,34)35/h5-10,12-13,22H,1,11H2,2-4H3/t22-/m1/s1. The van der Waals surface area contributed by atoms with Crippen molar-refractivity contribution in [3.8, 4) is 6.07 Å². The molecule has 0 aromatic heterocycles. The Morgan fingerprint density at radius 2 is 1.80 bits per heavy atom. The van der Waals surface area contributed by atoms with Crippen LogP contribution >= 0.6 is 0 Å². The molecule has 15 heteroatoms. The van der Waals surface area contributed by atoms with Gasteiger partial charge in [-0.15, -0.1) is 0 Å². The maximum Gasteiger partial charge on any atom is 0.416 e. The summed E-state index contributed by atoms with van der Waals surface area (Å²) in [5.41, 5.74) is -2.89. The molecular formula is C25H22F3N3O7S2. The highest BCUT2D eigenvalue weighted by Crippen LogP contribution is 2.44. The summed E-state index contributed by atoms with van der Waals surface area (Å²) in [6.07, 6.45) is -2.23. The van der Waals surface area contributed by atoms with E-state index in [9.17, 15) is 44.9 Å². The van der Waals surface area contributed by atoms with Crippen molar-refractivity contribution in [2.75, 3.05) is 24.0 Å². The summed E-state index contributed by atoms with van der Waals surface area (Å²) in [6, 6.07) is 5.09. The van der Waals surface area contributed by atoms with Gasteiger partial charge in [0.05, 0.1) is 39.6 Å². The molecule has 1 atom stereocenters. The van der Waals surface area contributed by atoms with Crippen LogP contribution in [0.15, 0.2) is 71.3 Å². The van der Waals surface area contributed by atoms with Crippen molar-refractivity contribution in [1.29, 1.82) is 5.26 Å². The number of carbonyl (C=O) groups excluding carboxylic acids is 2. The zero-order chi connectivity index (χ0) is 30.2. The molecule has 212 valence electrons. The van der Waals surface area contributed by atoms with Gasteiger partial charge in [0.1, 0.15) is 12.6 Å². The summed E-state index contributed by atoms with van der Waals surface area (Å²) < 4.78 is 97.3. The van der Waals surface area contributed by atoms with Crippen molar-refractivity contribution >= 4 is 37.5 Å². The normalized spacial score (nSPS) is 16.5. The molecule has 0 aliphatic carbocycles. The summed E-state index contributed by atoms with van der Waals surface area (Å²) in [4.78, 5) is 27.2. The quantitative estimate of drug-likeness (QED) is 0.345. The van der Waals surface area contributed by atoms with Crippen LogP contribution in [0.5, 0.6) is 0 Å². The zero-order valence-electron chi connectivity index (χ0n) is 21.3. The Hall–Kier alpha value is -4.16. The first-order valence-corrected chi connectivity index (χ1v) is 14.9. The second kappa shape index (κ2) is 10.8. The van der Waals surface area contributed by atoms with E-state index in [1.165, 1.54) is 13.0 Å². The molecule has 0 fully saturated rings. The third kappa shape index (κ3) is 5.87. The number of rotatable bonds is 7. The van der Waals surface area contributed by atoms with Crippen molar-refractivity contribution in [2.45, 2.75) is 24.0 Å². The maximum absolute atomic E-state index is 13.8. The highest BCUT2D eigenvalue weighted by atomic mass is 32.2. The van der Waals surface area contributed by atoms with E-state index in [0.29, 0.717) is 17.2 Å². The summed E-state index contributed by atoms with van der Waals surface area (Å²) >= 11 is 0. The van der Waals surface area contributed by atoms with Gasteiger partial charge in [-0.3, -0.25) is 4.90 Å². The summed E-state index contributed by atoms with van der Waals surface area (Å²) in [7, 11) is -8.83. The molecule has 40 heavy (non-hydrogen) atoms. The number of nitriles is 1. The van der Waals surface area contributed by atoms with Crippen molar-refractivity contribution < 1.29 is 44.3 Å². The van der Waals surface area contributed by atoms with Crippen molar-refractivity contribution in [3.63, 3.8) is 0 Å².